The predicted octanol–water partition coefficient (Wildman–Crippen LogP) is 1.74. The van der Waals surface area contributed by atoms with Crippen LogP contribution in [0.3, 0.4) is 0 Å². The standard InChI is InChI=1S/C15H31N3/c1-4-6-16-8-10-18(11-9-16)15-5-7-17(13-15)12-14(2)3/h14-15H,4-13H2,1-3H3/t15-/m1/s1. The number of hydrogen-bond donors (Lipinski definition) is 0. The first kappa shape index (κ1) is 14.3. The van der Waals surface area contributed by atoms with E-state index in [-0.39, 0.29) is 0 Å². The van der Waals surface area contributed by atoms with E-state index < -0.39 is 0 Å². The van der Waals surface area contributed by atoms with Crippen LogP contribution >= 0.6 is 0 Å². The first-order chi connectivity index (χ1) is 8.69. The number of hydrogen-bond acceptors (Lipinski definition) is 3. The van der Waals surface area contributed by atoms with Gasteiger partial charge in [-0.2, -0.15) is 0 Å². The van der Waals surface area contributed by atoms with E-state index in [1.165, 1.54) is 65.2 Å². The van der Waals surface area contributed by atoms with Gasteiger partial charge in [-0.25, -0.2) is 0 Å². The molecule has 2 aliphatic rings. The molecule has 0 N–H and O–H groups in total. The van der Waals surface area contributed by atoms with Crippen molar-refractivity contribution >= 4 is 0 Å². The minimum atomic E-state index is 0.810. The van der Waals surface area contributed by atoms with Crippen molar-refractivity contribution in [2.75, 3.05) is 52.4 Å². The maximum Gasteiger partial charge on any atom is 0.0236 e. The van der Waals surface area contributed by atoms with Crippen molar-refractivity contribution in [1.82, 2.24) is 14.7 Å². The van der Waals surface area contributed by atoms with E-state index in [4.69, 9.17) is 0 Å². The molecule has 2 saturated heterocycles. The second-order valence-corrected chi connectivity index (χ2v) is 6.47. The van der Waals surface area contributed by atoms with Crippen LogP contribution in [0.1, 0.15) is 33.6 Å². The number of piperazine rings is 1. The molecule has 0 amide bonds. The lowest BCUT2D eigenvalue weighted by Crippen LogP contribution is -2.51. The van der Waals surface area contributed by atoms with Gasteiger partial charge in [-0.1, -0.05) is 20.8 Å². The summed E-state index contributed by atoms with van der Waals surface area (Å²) in [7, 11) is 0. The van der Waals surface area contributed by atoms with Crippen LogP contribution in [0.15, 0.2) is 0 Å². The molecule has 0 saturated carbocycles. The largest absolute Gasteiger partial charge is 0.301 e. The molecule has 0 aromatic carbocycles. The normalized spacial score (nSPS) is 28.3. The molecule has 0 bridgehead atoms. The lowest BCUT2D eigenvalue weighted by atomic mass is 10.2. The third kappa shape index (κ3) is 3.94. The molecular weight excluding hydrogens is 222 g/mol. The fourth-order valence-electron chi connectivity index (χ4n) is 3.46. The van der Waals surface area contributed by atoms with E-state index in [2.05, 4.69) is 35.5 Å². The zero-order chi connectivity index (χ0) is 13.0. The highest BCUT2D eigenvalue weighted by molar-refractivity contribution is 4.86. The molecule has 2 rings (SSSR count). The van der Waals surface area contributed by atoms with Crippen LogP contribution in [0.4, 0.5) is 0 Å². The van der Waals surface area contributed by atoms with Gasteiger partial charge in [0.2, 0.25) is 0 Å². The summed E-state index contributed by atoms with van der Waals surface area (Å²) in [5, 5.41) is 0. The molecule has 0 aromatic heterocycles. The fourth-order valence-corrected chi connectivity index (χ4v) is 3.46. The molecule has 0 aliphatic carbocycles. The molecule has 2 fully saturated rings. The number of rotatable bonds is 5. The van der Waals surface area contributed by atoms with Crippen LogP contribution in [0.25, 0.3) is 0 Å². The topological polar surface area (TPSA) is 9.72 Å². The molecule has 0 radical (unpaired) electrons. The van der Waals surface area contributed by atoms with Crippen molar-refractivity contribution < 1.29 is 0 Å². The van der Waals surface area contributed by atoms with Gasteiger partial charge < -0.3 is 9.80 Å². The summed E-state index contributed by atoms with van der Waals surface area (Å²) in [5.74, 6) is 0.810. The number of nitrogens with zero attached hydrogens (tertiary/aromatic N) is 3. The van der Waals surface area contributed by atoms with Gasteiger partial charge in [0.1, 0.15) is 0 Å². The van der Waals surface area contributed by atoms with E-state index in [1.54, 1.807) is 0 Å². The van der Waals surface area contributed by atoms with Gasteiger partial charge in [0.15, 0.2) is 0 Å². The van der Waals surface area contributed by atoms with Crippen molar-refractivity contribution in [2.45, 2.75) is 39.7 Å². The van der Waals surface area contributed by atoms with E-state index in [1.807, 2.05) is 0 Å². The van der Waals surface area contributed by atoms with Gasteiger partial charge in [0, 0.05) is 45.3 Å². The first-order valence-corrected chi connectivity index (χ1v) is 7.87. The lowest BCUT2D eigenvalue weighted by molar-refractivity contribution is 0.0971. The van der Waals surface area contributed by atoms with E-state index in [0.717, 1.165) is 12.0 Å². The summed E-state index contributed by atoms with van der Waals surface area (Å²) in [5.41, 5.74) is 0. The molecule has 2 aliphatic heterocycles. The molecule has 18 heavy (non-hydrogen) atoms. The Hall–Kier alpha value is -0.120. The summed E-state index contributed by atoms with van der Waals surface area (Å²) >= 11 is 0. The smallest absolute Gasteiger partial charge is 0.0236 e. The molecule has 0 spiro atoms. The fraction of sp³-hybridized carbons (Fsp3) is 1.00. The van der Waals surface area contributed by atoms with Crippen LogP contribution in [0.5, 0.6) is 0 Å². The molecule has 2 heterocycles. The molecule has 3 heteroatoms. The Morgan fingerprint density at radius 2 is 1.72 bits per heavy atom. The van der Waals surface area contributed by atoms with Crippen LogP contribution in [-0.2, 0) is 0 Å². The van der Waals surface area contributed by atoms with Gasteiger partial charge in [0.05, 0.1) is 0 Å². The molecule has 1 atom stereocenters. The highest BCUT2D eigenvalue weighted by Crippen LogP contribution is 2.18. The van der Waals surface area contributed by atoms with Crippen molar-refractivity contribution in [3.05, 3.63) is 0 Å². The Labute approximate surface area is 113 Å². The maximum atomic E-state index is 2.74. The summed E-state index contributed by atoms with van der Waals surface area (Å²) in [6.07, 6.45) is 2.69. The SMILES string of the molecule is CCCN1CCN([C@@H]2CCN(CC(C)C)C2)CC1. The van der Waals surface area contributed by atoms with Crippen LogP contribution in [0, 0.1) is 5.92 Å². The highest BCUT2D eigenvalue weighted by Gasteiger charge is 2.29. The van der Waals surface area contributed by atoms with Crippen LogP contribution in [0.2, 0.25) is 0 Å². The summed E-state index contributed by atoms with van der Waals surface area (Å²) < 4.78 is 0. The zero-order valence-corrected chi connectivity index (χ0v) is 12.6. The summed E-state index contributed by atoms with van der Waals surface area (Å²) in [4.78, 5) is 8.03. The lowest BCUT2D eigenvalue weighted by Gasteiger charge is -2.38. The van der Waals surface area contributed by atoms with Crippen molar-refractivity contribution in [3.8, 4) is 0 Å². The Bertz CT molecular complexity index is 234. The molecule has 106 valence electrons. The van der Waals surface area contributed by atoms with Gasteiger partial charge in [0.25, 0.3) is 0 Å². The quantitative estimate of drug-likeness (QED) is 0.739. The maximum absolute atomic E-state index is 2.74. The highest BCUT2D eigenvalue weighted by atomic mass is 15.3. The zero-order valence-electron chi connectivity index (χ0n) is 12.6. The molecule has 0 aromatic rings. The molecule has 3 nitrogen and oxygen atoms in total. The predicted molar refractivity (Wildman–Crippen MR) is 78.0 cm³/mol. The average Bonchev–Trinajstić information content (AvgIpc) is 2.78. The second-order valence-electron chi connectivity index (χ2n) is 6.47. The van der Waals surface area contributed by atoms with Crippen LogP contribution < -0.4 is 0 Å². The first-order valence-electron chi connectivity index (χ1n) is 7.87. The second kappa shape index (κ2) is 6.88. The van der Waals surface area contributed by atoms with Crippen molar-refractivity contribution in [2.24, 2.45) is 5.92 Å². The van der Waals surface area contributed by atoms with E-state index >= 15 is 0 Å². The third-order valence-electron chi connectivity index (χ3n) is 4.33. The minimum Gasteiger partial charge on any atom is -0.301 e. The third-order valence-corrected chi connectivity index (χ3v) is 4.33. The minimum absolute atomic E-state index is 0.810. The summed E-state index contributed by atoms with van der Waals surface area (Å²) in [6, 6.07) is 0.840. The Morgan fingerprint density at radius 3 is 2.33 bits per heavy atom. The monoisotopic (exact) mass is 253 g/mol. The van der Waals surface area contributed by atoms with E-state index in [0.29, 0.717) is 0 Å². The van der Waals surface area contributed by atoms with Gasteiger partial charge in [-0.05, 0) is 31.8 Å². The van der Waals surface area contributed by atoms with E-state index in [9.17, 15) is 0 Å². The van der Waals surface area contributed by atoms with Gasteiger partial charge >= 0.3 is 0 Å². The Kier molecular flexibility index (Phi) is 5.46. The molecular formula is C15H31N3. The Balaban J connectivity index is 1.71. The molecule has 0 unspecified atom stereocenters. The van der Waals surface area contributed by atoms with Gasteiger partial charge in [-0.3, -0.25) is 4.90 Å². The summed E-state index contributed by atoms with van der Waals surface area (Å²) in [6.45, 7) is 17.3. The van der Waals surface area contributed by atoms with Gasteiger partial charge in [-0.15, -0.1) is 0 Å². The average molecular weight is 253 g/mol. The van der Waals surface area contributed by atoms with Crippen LogP contribution in [-0.4, -0.2) is 73.1 Å². The Morgan fingerprint density at radius 1 is 1.00 bits per heavy atom. The number of likely N-dealkylation sites (tertiary alicyclic amines) is 1. The van der Waals surface area contributed by atoms with Crippen molar-refractivity contribution in [1.29, 1.82) is 0 Å². The van der Waals surface area contributed by atoms with Crippen molar-refractivity contribution in [3.63, 3.8) is 0 Å².